The number of aromatic nitrogens is 1. The van der Waals surface area contributed by atoms with Crippen molar-refractivity contribution in [3.63, 3.8) is 0 Å². The highest BCUT2D eigenvalue weighted by atomic mass is 19.4. The van der Waals surface area contributed by atoms with E-state index in [0.29, 0.717) is 6.07 Å². The molecule has 0 fully saturated rings. The van der Waals surface area contributed by atoms with E-state index in [1.807, 2.05) is 0 Å². The number of carbonyl (C=O) groups excluding carboxylic acids is 1. The van der Waals surface area contributed by atoms with Crippen molar-refractivity contribution in [1.82, 2.24) is 4.98 Å². The summed E-state index contributed by atoms with van der Waals surface area (Å²) in [5.74, 6) is -2.51. The summed E-state index contributed by atoms with van der Waals surface area (Å²) in [6.45, 7) is 0. The van der Waals surface area contributed by atoms with Crippen molar-refractivity contribution in [2.24, 2.45) is 0 Å². The second kappa shape index (κ2) is 3.60. The summed E-state index contributed by atoms with van der Waals surface area (Å²) in [5.41, 5.74) is -0.730. The van der Waals surface area contributed by atoms with Gasteiger partial charge in [-0.25, -0.2) is 4.39 Å². The molecule has 14 heavy (non-hydrogen) atoms. The summed E-state index contributed by atoms with van der Waals surface area (Å²) in [5, 5.41) is 0. The molecule has 0 saturated heterocycles. The monoisotopic (exact) mass is 209 g/mol. The molecule has 0 N–H and O–H groups in total. The minimum Gasteiger partial charge on any atom is -0.403 e. The van der Waals surface area contributed by atoms with E-state index in [1.54, 1.807) is 0 Å². The fourth-order valence-electron chi connectivity index (χ4n) is 0.727. The van der Waals surface area contributed by atoms with Crippen molar-refractivity contribution >= 4 is 6.29 Å². The third kappa shape index (κ3) is 2.41. The predicted molar refractivity (Wildman–Crippen MR) is 36.3 cm³/mol. The average molecular weight is 209 g/mol. The zero-order valence-electron chi connectivity index (χ0n) is 6.51. The smallest absolute Gasteiger partial charge is 0.403 e. The van der Waals surface area contributed by atoms with Gasteiger partial charge in [-0.3, -0.25) is 9.78 Å². The number of alkyl halides is 3. The first-order chi connectivity index (χ1) is 6.44. The molecule has 0 radical (unpaired) electrons. The molecule has 0 aliphatic rings. The summed E-state index contributed by atoms with van der Waals surface area (Å²) in [7, 11) is 0. The average Bonchev–Trinajstić information content (AvgIpc) is 2.06. The molecular weight excluding hydrogens is 206 g/mol. The van der Waals surface area contributed by atoms with Gasteiger partial charge in [0, 0.05) is 12.3 Å². The molecule has 76 valence electrons. The third-order valence-electron chi connectivity index (χ3n) is 1.22. The highest BCUT2D eigenvalue weighted by Crippen LogP contribution is 2.25. The van der Waals surface area contributed by atoms with Gasteiger partial charge in [0.25, 0.3) is 0 Å². The van der Waals surface area contributed by atoms with Crippen LogP contribution in [0.5, 0.6) is 5.75 Å². The van der Waals surface area contributed by atoms with Crippen molar-refractivity contribution in [3.05, 3.63) is 23.8 Å². The lowest BCUT2D eigenvalue weighted by Crippen LogP contribution is -2.18. The van der Waals surface area contributed by atoms with Gasteiger partial charge in [0.15, 0.2) is 17.9 Å². The first-order valence-corrected chi connectivity index (χ1v) is 3.29. The van der Waals surface area contributed by atoms with Crippen LogP contribution in [-0.2, 0) is 0 Å². The number of hydrogen-bond acceptors (Lipinski definition) is 3. The standard InChI is InChI=1S/C7H3F4NO2/c8-6-4(3-13)12-2-1-5(6)14-7(9,10)11/h1-3H. The van der Waals surface area contributed by atoms with Crippen LogP contribution in [0.4, 0.5) is 17.6 Å². The fourth-order valence-corrected chi connectivity index (χ4v) is 0.727. The van der Waals surface area contributed by atoms with Gasteiger partial charge in [-0.1, -0.05) is 0 Å². The lowest BCUT2D eigenvalue weighted by Gasteiger charge is -2.09. The molecule has 0 aliphatic carbocycles. The largest absolute Gasteiger partial charge is 0.573 e. The molecule has 0 aliphatic heterocycles. The van der Waals surface area contributed by atoms with Gasteiger partial charge in [0.2, 0.25) is 0 Å². The number of rotatable bonds is 2. The number of aldehydes is 1. The number of halogens is 4. The van der Waals surface area contributed by atoms with Gasteiger partial charge in [-0.15, -0.1) is 13.2 Å². The zero-order valence-corrected chi connectivity index (χ0v) is 6.51. The van der Waals surface area contributed by atoms with E-state index in [-0.39, 0.29) is 6.29 Å². The topological polar surface area (TPSA) is 39.2 Å². The van der Waals surface area contributed by atoms with E-state index in [1.165, 1.54) is 0 Å². The van der Waals surface area contributed by atoms with Crippen LogP contribution in [0.3, 0.4) is 0 Å². The number of pyridine rings is 1. The van der Waals surface area contributed by atoms with Crippen LogP contribution in [0, 0.1) is 5.82 Å². The Kier molecular flexibility index (Phi) is 2.68. The molecule has 1 aromatic heterocycles. The van der Waals surface area contributed by atoms with Crippen LogP contribution in [0.2, 0.25) is 0 Å². The van der Waals surface area contributed by atoms with Gasteiger partial charge >= 0.3 is 6.36 Å². The molecule has 0 spiro atoms. The highest BCUT2D eigenvalue weighted by Gasteiger charge is 2.32. The van der Waals surface area contributed by atoms with E-state index in [4.69, 9.17) is 0 Å². The third-order valence-corrected chi connectivity index (χ3v) is 1.22. The Balaban J connectivity index is 3.04. The van der Waals surface area contributed by atoms with Crippen molar-refractivity contribution in [2.75, 3.05) is 0 Å². The normalized spacial score (nSPS) is 11.1. The number of ether oxygens (including phenoxy) is 1. The fraction of sp³-hybridized carbons (Fsp3) is 0.143. The van der Waals surface area contributed by atoms with E-state index < -0.39 is 23.6 Å². The maximum atomic E-state index is 12.9. The molecular formula is C7H3F4NO2. The molecule has 0 aromatic carbocycles. The molecule has 7 heteroatoms. The van der Waals surface area contributed by atoms with Crippen LogP contribution in [-0.4, -0.2) is 17.6 Å². The van der Waals surface area contributed by atoms with Gasteiger partial charge < -0.3 is 4.74 Å². The Labute approximate surface area is 75.3 Å². The van der Waals surface area contributed by atoms with E-state index in [0.717, 1.165) is 6.20 Å². The lowest BCUT2D eigenvalue weighted by molar-refractivity contribution is -0.275. The molecule has 0 unspecified atom stereocenters. The van der Waals surface area contributed by atoms with Crippen LogP contribution in [0.25, 0.3) is 0 Å². The van der Waals surface area contributed by atoms with Gasteiger partial charge in [0.05, 0.1) is 0 Å². The van der Waals surface area contributed by atoms with Gasteiger partial charge in [-0.05, 0) is 0 Å². The van der Waals surface area contributed by atoms with Crippen molar-refractivity contribution in [3.8, 4) is 5.75 Å². The molecule has 0 bridgehead atoms. The highest BCUT2D eigenvalue weighted by molar-refractivity contribution is 5.72. The molecule has 1 heterocycles. The quantitative estimate of drug-likeness (QED) is 0.551. The lowest BCUT2D eigenvalue weighted by atomic mass is 10.3. The number of hydrogen-bond donors (Lipinski definition) is 0. The molecule has 1 rings (SSSR count). The maximum absolute atomic E-state index is 12.9. The Morgan fingerprint density at radius 3 is 2.57 bits per heavy atom. The summed E-state index contributed by atoms with van der Waals surface area (Å²) in [6.07, 6.45) is -4.16. The first-order valence-electron chi connectivity index (χ1n) is 3.29. The molecule has 0 atom stereocenters. The van der Waals surface area contributed by atoms with Crippen LogP contribution in [0.15, 0.2) is 12.3 Å². The summed E-state index contributed by atoms with van der Waals surface area (Å²) in [6, 6.07) is 0.676. The van der Waals surface area contributed by atoms with Crippen molar-refractivity contribution < 1.29 is 27.1 Å². The maximum Gasteiger partial charge on any atom is 0.573 e. The Hall–Kier alpha value is -1.66. The number of nitrogens with zero attached hydrogens (tertiary/aromatic N) is 1. The summed E-state index contributed by atoms with van der Waals surface area (Å²) >= 11 is 0. The van der Waals surface area contributed by atoms with Gasteiger partial charge in [-0.2, -0.15) is 0 Å². The van der Waals surface area contributed by atoms with Crippen LogP contribution >= 0.6 is 0 Å². The van der Waals surface area contributed by atoms with E-state index >= 15 is 0 Å². The Morgan fingerprint density at radius 2 is 2.07 bits per heavy atom. The van der Waals surface area contributed by atoms with Crippen molar-refractivity contribution in [1.29, 1.82) is 0 Å². The van der Waals surface area contributed by atoms with E-state index in [9.17, 15) is 22.4 Å². The van der Waals surface area contributed by atoms with E-state index in [2.05, 4.69) is 9.72 Å². The second-order valence-corrected chi connectivity index (χ2v) is 2.17. The Morgan fingerprint density at radius 1 is 1.43 bits per heavy atom. The van der Waals surface area contributed by atoms with Gasteiger partial charge in [0.1, 0.15) is 5.69 Å². The minimum absolute atomic E-state index is 0.00142. The number of carbonyl (C=O) groups is 1. The van der Waals surface area contributed by atoms with Crippen LogP contribution in [0.1, 0.15) is 10.5 Å². The summed E-state index contributed by atoms with van der Waals surface area (Å²) < 4.78 is 51.2. The zero-order chi connectivity index (χ0) is 10.8. The van der Waals surface area contributed by atoms with Crippen LogP contribution < -0.4 is 4.74 Å². The molecule has 0 amide bonds. The summed E-state index contributed by atoms with van der Waals surface area (Å²) in [4.78, 5) is 13.3. The molecule has 1 aromatic rings. The molecule has 0 saturated carbocycles. The predicted octanol–water partition coefficient (Wildman–Crippen LogP) is 1.93. The first kappa shape index (κ1) is 10.4. The minimum atomic E-state index is -5.00. The Bertz CT molecular complexity index is 350. The second-order valence-electron chi connectivity index (χ2n) is 2.17. The SMILES string of the molecule is O=Cc1nccc(OC(F)(F)F)c1F. The molecule has 3 nitrogen and oxygen atoms in total. The van der Waals surface area contributed by atoms with Crippen molar-refractivity contribution in [2.45, 2.75) is 6.36 Å².